The molecule has 1 fully saturated rings. The Balaban J connectivity index is 2.58. The molecule has 1 aliphatic heterocycles. The Bertz CT molecular complexity index is 205. The van der Waals surface area contributed by atoms with Gasteiger partial charge < -0.3 is 4.90 Å². The number of halogens is 1. The minimum Gasteiger partial charge on any atom is -0.339 e. The van der Waals surface area contributed by atoms with Gasteiger partial charge in [0.25, 0.3) is 0 Å². The van der Waals surface area contributed by atoms with E-state index in [1.807, 2.05) is 4.90 Å². The van der Waals surface area contributed by atoms with E-state index in [0.29, 0.717) is 12.0 Å². The highest BCUT2D eigenvalue weighted by Crippen LogP contribution is 2.22. The molecule has 1 rings (SSSR count). The summed E-state index contributed by atoms with van der Waals surface area (Å²) in [5, 5.41) is 0. The first kappa shape index (κ1) is 12.0. The fourth-order valence-corrected chi connectivity index (χ4v) is 2.13. The quantitative estimate of drug-likeness (QED) is 0.701. The molecule has 1 amide bonds. The van der Waals surface area contributed by atoms with Gasteiger partial charge in [0.1, 0.15) is 0 Å². The molecule has 0 radical (unpaired) electrons. The van der Waals surface area contributed by atoms with Gasteiger partial charge in [0.05, 0.1) is 4.83 Å². The Morgan fingerprint density at radius 2 is 2.07 bits per heavy atom. The maximum Gasteiger partial charge on any atom is 0.236 e. The van der Waals surface area contributed by atoms with E-state index in [4.69, 9.17) is 0 Å². The predicted octanol–water partition coefficient (Wildman–Crippen LogP) is 2.81. The summed E-state index contributed by atoms with van der Waals surface area (Å²) in [6.45, 7) is 7.24. The monoisotopic (exact) mass is 261 g/mol. The van der Waals surface area contributed by atoms with Crippen LogP contribution in [-0.2, 0) is 4.79 Å². The number of nitrogens with zero attached hydrogens (tertiary/aromatic N) is 1. The third kappa shape index (κ3) is 2.72. The topological polar surface area (TPSA) is 20.3 Å². The second-order valence-electron chi connectivity index (χ2n) is 4.52. The number of hydrogen-bond acceptors (Lipinski definition) is 1. The Morgan fingerprint density at radius 3 is 2.57 bits per heavy atom. The molecular weight excluding hydrogens is 242 g/mol. The molecule has 0 aromatic carbocycles. The van der Waals surface area contributed by atoms with Crippen LogP contribution in [0.2, 0.25) is 0 Å². The van der Waals surface area contributed by atoms with E-state index < -0.39 is 0 Å². The van der Waals surface area contributed by atoms with E-state index in [1.165, 1.54) is 6.42 Å². The second kappa shape index (κ2) is 5.15. The molecule has 82 valence electrons. The van der Waals surface area contributed by atoms with Gasteiger partial charge >= 0.3 is 0 Å². The zero-order chi connectivity index (χ0) is 10.7. The lowest BCUT2D eigenvalue weighted by Gasteiger charge is -2.35. The maximum atomic E-state index is 12.0. The number of piperidine rings is 1. The van der Waals surface area contributed by atoms with Crippen LogP contribution in [0.4, 0.5) is 0 Å². The normalized spacial score (nSPS) is 25.2. The maximum absolute atomic E-state index is 12.0. The summed E-state index contributed by atoms with van der Waals surface area (Å²) in [7, 11) is 0. The number of carbonyl (C=O) groups is 1. The minimum absolute atomic E-state index is 0.0111. The SMILES string of the molecule is CC(C)[C@@H](Br)C(=O)N1CCCC[C@@H]1C. The molecule has 2 atom stereocenters. The highest BCUT2D eigenvalue weighted by molar-refractivity contribution is 9.10. The van der Waals surface area contributed by atoms with Crippen LogP contribution in [0.3, 0.4) is 0 Å². The van der Waals surface area contributed by atoms with Crippen molar-refractivity contribution < 1.29 is 4.79 Å². The van der Waals surface area contributed by atoms with Crippen LogP contribution in [0.15, 0.2) is 0 Å². The lowest BCUT2D eigenvalue weighted by atomic mass is 10.0. The van der Waals surface area contributed by atoms with Gasteiger partial charge in [-0.25, -0.2) is 0 Å². The first-order valence-electron chi connectivity index (χ1n) is 5.48. The third-order valence-electron chi connectivity index (χ3n) is 2.91. The summed E-state index contributed by atoms with van der Waals surface area (Å²) in [4.78, 5) is 14.0. The number of amides is 1. The fourth-order valence-electron chi connectivity index (χ4n) is 1.87. The molecule has 1 heterocycles. The smallest absolute Gasteiger partial charge is 0.236 e. The fraction of sp³-hybridized carbons (Fsp3) is 0.909. The van der Waals surface area contributed by atoms with Crippen LogP contribution >= 0.6 is 15.9 Å². The molecule has 2 nitrogen and oxygen atoms in total. The summed E-state index contributed by atoms with van der Waals surface area (Å²) in [6, 6.07) is 0.426. The van der Waals surface area contributed by atoms with Crippen molar-refractivity contribution in [2.75, 3.05) is 6.54 Å². The van der Waals surface area contributed by atoms with E-state index in [0.717, 1.165) is 19.4 Å². The third-order valence-corrected chi connectivity index (χ3v) is 4.36. The van der Waals surface area contributed by atoms with Crippen molar-refractivity contribution >= 4 is 21.8 Å². The van der Waals surface area contributed by atoms with Crippen LogP contribution < -0.4 is 0 Å². The zero-order valence-corrected chi connectivity index (χ0v) is 10.9. The highest BCUT2D eigenvalue weighted by Gasteiger charge is 2.29. The van der Waals surface area contributed by atoms with E-state index in [1.54, 1.807) is 0 Å². The van der Waals surface area contributed by atoms with Crippen LogP contribution in [0.5, 0.6) is 0 Å². The molecule has 1 saturated heterocycles. The number of rotatable bonds is 2. The molecular formula is C11H20BrNO. The van der Waals surface area contributed by atoms with Crippen molar-refractivity contribution in [1.29, 1.82) is 0 Å². The van der Waals surface area contributed by atoms with Gasteiger partial charge in [-0.1, -0.05) is 29.8 Å². The summed E-state index contributed by atoms with van der Waals surface area (Å²) >= 11 is 3.48. The van der Waals surface area contributed by atoms with Crippen LogP contribution in [0, 0.1) is 5.92 Å². The summed E-state index contributed by atoms with van der Waals surface area (Å²) < 4.78 is 0. The van der Waals surface area contributed by atoms with Crippen molar-refractivity contribution in [3.8, 4) is 0 Å². The second-order valence-corrected chi connectivity index (χ2v) is 5.51. The molecule has 3 heteroatoms. The molecule has 0 unspecified atom stereocenters. The zero-order valence-electron chi connectivity index (χ0n) is 9.29. The Hall–Kier alpha value is -0.0500. The van der Waals surface area contributed by atoms with Crippen LogP contribution in [0.25, 0.3) is 0 Å². The molecule has 0 saturated carbocycles. The van der Waals surface area contributed by atoms with E-state index in [9.17, 15) is 4.79 Å². The molecule has 1 aliphatic rings. The lowest BCUT2D eigenvalue weighted by molar-refractivity contribution is -0.134. The molecule has 0 N–H and O–H groups in total. The van der Waals surface area contributed by atoms with Gasteiger partial charge in [0.15, 0.2) is 0 Å². The highest BCUT2D eigenvalue weighted by atomic mass is 79.9. The summed E-state index contributed by atoms with van der Waals surface area (Å²) in [6.07, 6.45) is 3.58. The van der Waals surface area contributed by atoms with Gasteiger partial charge in [-0.05, 0) is 32.1 Å². The molecule has 0 aromatic rings. The number of hydrogen-bond donors (Lipinski definition) is 0. The largest absolute Gasteiger partial charge is 0.339 e. The first-order chi connectivity index (χ1) is 6.54. The minimum atomic E-state index is -0.0111. The van der Waals surface area contributed by atoms with E-state index in [2.05, 4.69) is 36.7 Å². The van der Waals surface area contributed by atoms with Gasteiger partial charge in [-0.2, -0.15) is 0 Å². The average Bonchev–Trinajstić information content (AvgIpc) is 2.16. The number of likely N-dealkylation sites (tertiary alicyclic amines) is 1. The van der Waals surface area contributed by atoms with E-state index in [-0.39, 0.29) is 10.7 Å². The molecule has 0 aliphatic carbocycles. The molecule has 0 spiro atoms. The number of alkyl halides is 1. The number of carbonyl (C=O) groups excluding carboxylic acids is 1. The Morgan fingerprint density at radius 1 is 1.43 bits per heavy atom. The Labute approximate surface area is 95.2 Å². The van der Waals surface area contributed by atoms with E-state index >= 15 is 0 Å². The lowest BCUT2D eigenvalue weighted by Crippen LogP contribution is -2.46. The average molecular weight is 262 g/mol. The standard InChI is InChI=1S/C11H20BrNO/c1-8(2)10(12)11(14)13-7-5-4-6-9(13)3/h8-10H,4-7H2,1-3H3/t9-,10+/m0/s1. The van der Waals surface area contributed by atoms with Crippen molar-refractivity contribution in [2.24, 2.45) is 5.92 Å². The predicted molar refractivity (Wildman–Crippen MR) is 62.6 cm³/mol. The van der Waals surface area contributed by atoms with Gasteiger partial charge in [-0.15, -0.1) is 0 Å². The van der Waals surface area contributed by atoms with Gasteiger partial charge in [0, 0.05) is 12.6 Å². The molecule has 0 bridgehead atoms. The van der Waals surface area contributed by atoms with Crippen molar-refractivity contribution in [3.05, 3.63) is 0 Å². The Kier molecular flexibility index (Phi) is 4.42. The molecule has 0 aromatic heterocycles. The molecule has 14 heavy (non-hydrogen) atoms. The summed E-state index contributed by atoms with van der Waals surface area (Å²) in [5.74, 6) is 0.642. The van der Waals surface area contributed by atoms with Crippen LogP contribution in [0.1, 0.15) is 40.0 Å². The van der Waals surface area contributed by atoms with Gasteiger partial charge in [0.2, 0.25) is 5.91 Å². The van der Waals surface area contributed by atoms with Crippen LogP contribution in [-0.4, -0.2) is 28.2 Å². The van der Waals surface area contributed by atoms with Crippen molar-refractivity contribution in [2.45, 2.75) is 50.9 Å². The van der Waals surface area contributed by atoms with Crippen molar-refractivity contribution in [3.63, 3.8) is 0 Å². The summed E-state index contributed by atoms with van der Waals surface area (Å²) in [5.41, 5.74) is 0. The first-order valence-corrected chi connectivity index (χ1v) is 6.40. The van der Waals surface area contributed by atoms with Crippen molar-refractivity contribution in [1.82, 2.24) is 4.90 Å². The van der Waals surface area contributed by atoms with Gasteiger partial charge in [-0.3, -0.25) is 4.79 Å².